The lowest BCUT2D eigenvalue weighted by Crippen LogP contribution is -2.07. The maximum Gasteiger partial charge on any atom is 0.341 e. The number of rotatable bonds is 1. The third-order valence-corrected chi connectivity index (χ3v) is 1.81. The van der Waals surface area contributed by atoms with Crippen LogP contribution in [-0.2, 0) is 4.74 Å². The summed E-state index contributed by atoms with van der Waals surface area (Å²) in [5.74, 6) is -1.46. The Hall–Kier alpha value is -1.89. The monoisotopic (exact) mass is 193 g/mol. The molecule has 0 saturated carbocycles. The lowest BCUT2D eigenvalue weighted by atomic mass is 10.1. The van der Waals surface area contributed by atoms with Crippen molar-refractivity contribution < 1.29 is 13.9 Å². The van der Waals surface area contributed by atoms with Crippen molar-refractivity contribution in [2.45, 2.75) is 6.92 Å². The summed E-state index contributed by atoms with van der Waals surface area (Å²) in [5.41, 5.74) is 0.465. The van der Waals surface area contributed by atoms with Crippen LogP contribution in [0.3, 0.4) is 0 Å². The molecule has 0 N–H and O–H groups in total. The minimum Gasteiger partial charge on any atom is -0.465 e. The molecule has 0 aliphatic rings. The Morgan fingerprint density at radius 2 is 2.21 bits per heavy atom. The summed E-state index contributed by atoms with van der Waals surface area (Å²) in [6.45, 7) is 1.55. The van der Waals surface area contributed by atoms with Gasteiger partial charge in [0.2, 0.25) is 0 Å². The van der Waals surface area contributed by atoms with Gasteiger partial charge >= 0.3 is 5.97 Å². The molecule has 0 atom stereocenters. The number of nitriles is 1. The van der Waals surface area contributed by atoms with E-state index in [2.05, 4.69) is 4.74 Å². The highest BCUT2D eigenvalue weighted by Gasteiger charge is 2.16. The molecule has 0 spiro atoms. The van der Waals surface area contributed by atoms with Crippen molar-refractivity contribution in [3.63, 3.8) is 0 Å². The van der Waals surface area contributed by atoms with Crippen molar-refractivity contribution in [2.24, 2.45) is 0 Å². The van der Waals surface area contributed by atoms with E-state index in [1.165, 1.54) is 13.2 Å². The topological polar surface area (TPSA) is 50.1 Å². The number of hydrogen-bond acceptors (Lipinski definition) is 3. The maximum atomic E-state index is 13.3. The minimum atomic E-state index is -0.732. The highest BCUT2D eigenvalue weighted by molar-refractivity contribution is 5.91. The molecule has 0 aliphatic heterocycles. The average Bonchev–Trinajstić information content (AvgIpc) is 2.16. The van der Waals surface area contributed by atoms with E-state index in [1.54, 1.807) is 13.0 Å². The molecule has 0 heterocycles. The Labute approximate surface area is 80.7 Å². The van der Waals surface area contributed by atoms with Crippen LogP contribution in [0.25, 0.3) is 0 Å². The molecule has 0 fully saturated rings. The summed E-state index contributed by atoms with van der Waals surface area (Å²) in [7, 11) is 1.18. The predicted molar refractivity (Wildman–Crippen MR) is 47.2 cm³/mol. The number of carbonyl (C=O) groups excluding carboxylic acids is 1. The number of ether oxygens (including phenoxy) is 1. The predicted octanol–water partition coefficient (Wildman–Crippen LogP) is 1.79. The summed E-state index contributed by atoms with van der Waals surface area (Å²) in [5, 5.41) is 8.54. The zero-order valence-corrected chi connectivity index (χ0v) is 7.80. The standard InChI is InChI=1S/C10H8FNO2/c1-6-3-7(5-12)4-8(11)9(6)10(13)14-2/h3-4H,1-2H3. The molecular formula is C10H8FNO2. The smallest absolute Gasteiger partial charge is 0.341 e. The van der Waals surface area contributed by atoms with E-state index < -0.39 is 11.8 Å². The fraction of sp³-hybridized carbons (Fsp3) is 0.200. The van der Waals surface area contributed by atoms with Crippen LogP contribution >= 0.6 is 0 Å². The van der Waals surface area contributed by atoms with Crippen molar-refractivity contribution in [2.75, 3.05) is 7.11 Å². The summed E-state index contributed by atoms with van der Waals surface area (Å²) in [6.07, 6.45) is 0. The van der Waals surface area contributed by atoms with E-state index in [1.807, 2.05) is 0 Å². The zero-order chi connectivity index (χ0) is 10.7. The largest absolute Gasteiger partial charge is 0.465 e. The molecule has 1 rings (SSSR count). The number of carbonyl (C=O) groups is 1. The first kappa shape index (κ1) is 10.2. The van der Waals surface area contributed by atoms with Crippen LogP contribution in [-0.4, -0.2) is 13.1 Å². The fourth-order valence-electron chi connectivity index (χ4n) is 1.17. The summed E-state index contributed by atoms with van der Waals surface area (Å²) in [4.78, 5) is 11.1. The van der Waals surface area contributed by atoms with Gasteiger partial charge in [-0.1, -0.05) is 0 Å². The van der Waals surface area contributed by atoms with Crippen LogP contribution < -0.4 is 0 Å². The molecule has 1 aromatic rings. The first-order valence-electron chi connectivity index (χ1n) is 3.88. The SMILES string of the molecule is COC(=O)c1c(C)cc(C#N)cc1F. The number of nitrogens with zero attached hydrogens (tertiary/aromatic N) is 1. The number of hydrogen-bond donors (Lipinski definition) is 0. The lowest BCUT2D eigenvalue weighted by molar-refractivity contribution is 0.0594. The number of methoxy groups -OCH3 is 1. The summed E-state index contributed by atoms with van der Waals surface area (Å²) >= 11 is 0. The number of aryl methyl sites for hydroxylation is 1. The van der Waals surface area contributed by atoms with Crippen LogP contribution in [0.4, 0.5) is 4.39 Å². The van der Waals surface area contributed by atoms with Crippen LogP contribution in [0.15, 0.2) is 12.1 Å². The van der Waals surface area contributed by atoms with Crippen molar-refractivity contribution in [1.29, 1.82) is 5.26 Å². The molecule has 0 unspecified atom stereocenters. The second-order valence-corrected chi connectivity index (χ2v) is 2.75. The van der Waals surface area contributed by atoms with Gasteiger partial charge in [0.25, 0.3) is 0 Å². The van der Waals surface area contributed by atoms with Crippen LogP contribution in [0.2, 0.25) is 0 Å². The van der Waals surface area contributed by atoms with Crippen LogP contribution in [0.5, 0.6) is 0 Å². The van der Waals surface area contributed by atoms with E-state index in [0.717, 1.165) is 6.07 Å². The maximum absolute atomic E-state index is 13.3. The molecule has 1 aromatic carbocycles. The average molecular weight is 193 g/mol. The second-order valence-electron chi connectivity index (χ2n) is 2.75. The Morgan fingerprint density at radius 3 is 2.64 bits per heavy atom. The molecule has 14 heavy (non-hydrogen) atoms. The van der Waals surface area contributed by atoms with E-state index in [0.29, 0.717) is 5.56 Å². The van der Waals surface area contributed by atoms with Gasteiger partial charge < -0.3 is 4.74 Å². The van der Waals surface area contributed by atoms with E-state index in [4.69, 9.17) is 5.26 Å². The van der Waals surface area contributed by atoms with Gasteiger partial charge in [-0.2, -0.15) is 5.26 Å². The molecule has 0 aromatic heterocycles. The molecule has 0 radical (unpaired) electrons. The first-order chi connectivity index (χ1) is 6.60. The normalized spacial score (nSPS) is 9.29. The molecule has 0 bridgehead atoms. The van der Waals surface area contributed by atoms with Gasteiger partial charge in [-0.3, -0.25) is 0 Å². The molecular weight excluding hydrogens is 185 g/mol. The van der Waals surface area contributed by atoms with Gasteiger partial charge in [-0.05, 0) is 24.6 Å². The second kappa shape index (κ2) is 3.88. The Bertz CT molecular complexity index is 398. The highest BCUT2D eigenvalue weighted by Crippen LogP contribution is 2.16. The number of halogens is 1. The van der Waals surface area contributed by atoms with Gasteiger partial charge in [-0.25, -0.2) is 9.18 Å². The zero-order valence-electron chi connectivity index (χ0n) is 7.80. The van der Waals surface area contributed by atoms with Crippen molar-refractivity contribution in [3.05, 3.63) is 34.6 Å². The van der Waals surface area contributed by atoms with Crippen molar-refractivity contribution >= 4 is 5.97 Å². The number of esters is 1. The van der Waals surface area contributed by atoms with Crippen LogP contribution in [0, 0.1) is 24.1 Å². The molecule has 3 nitrogen and oxygen atoms in total. The lowest BCUT2D eigenvalue weighted by Gasteiger charge is -2.04. The Kier molecular flexibility index (Phi) is 2.82. The van der Waals surface area contributed by atoms with Gasteiger partial charge in [0.15, 0.2) is 0 Å². The third-order valence-electron chi connectivity index (χ3n) is 1.81. The molecule has 4 heteroatoms. The molecule has 0 amide bonds. The summed E-state index contributed by atoms with van der Waals surface area (Å²) in [6, 6.07) is 4.25. The van der Waals surface area contributed by atoms with E-state index in [9.17, 15) is 9.18 Å². The van der Waals surface area contributed by atoms with Crippen molar-refractivity contribution in [3.8, 4) is 6.07 Å². The minimum absolute atomic E-state index is 0.119. The van der Waals surface area contributed by atoms with Crippen LogP contribution in [0.1, 0.15) is 21.5 Å². The third kappa shape index (κ3) is 1.72. The molecule has 72 valence electrons. The van der Waals surface area contributed by atoms with Crippen molar-refractivity contribution in [1.82, 2.24) is 0 Å². The molecule has 0 aliphatic carbocycles. The Morgan fingerprint density at radius 1 is 1.57 bits per heavy atom. The first-order valence-corrected chi connectivity index (χ1v) is 3.88. The quantitative estimate of drug-likeness (QED) is 0.639. The summed E-state index contributed by atoms with van der Waals surface area (Å²) < 4.78 is 17.7. The molecule has 0 saturated heterocycles. The van der Waals surface area contributed by atoms with E-state index in [-0.39, 0.29) is 11.1 Å². The van der Waals surface area contributed by atoms with Gasteiger partial charge in [0.05, 0.1) is 24.3 Å². The van der Waals surface area contributed by atoms with Gasteiger partial charge in [0.1, 0.15) is 5.82 Å². The van der Waals surface area contributed by atoms with Gasteiger partial charge in [-0.15, -0.1) is 0 Å². The van der Waals surface area contributed by atoms with E-state index >= 15 is 0 Å². The number of benzene rings is 1. The fourth-order valence-corrected chi connectivity index (χ4v) is 1.17. The Balaban J connectivity index is 3.34. The highest BCUT2D eigenvalue weighted by atomic mass is 19.1. The van der Waals surface area contributed by atoms with Gasteiger partial charge in [0, 0.05) is 0 Å².